The monoisotopic (exact) mass is 419 g/mol. The Balaban J connectivity index is 1.53. The molecule has 0 unspecified atom stereocenters. The van der Waals surface area contributed by atoms with Crippen LogP contribution in [0.3, 0.4) is 0 Å². The second kappa shape index (κ2) is 8.81. The van der Waals surface area contributed by atoms with Crippen LogP contribution in [0.1, 0.15) is 25.6 Å². The number of hydrogen-bond donors (Lipinski definition) is 1. The highest BCUT2D eigenvalue weighted by atomic mass is 32.1. The first-order valence-electron chi connectivity index (χ1n) is 8.91. The molecule has 0 atom stereocenters. The van der Waals surface area contributed by atoms with Crippen molar-refractivity contribution in [1.29, 1.82) is 0 Å². The van der Waals surface area contributed by atoms with Gasteiger partial charge >= 0.3 is 0 Å². The zero-order chi connectivity index (χ0) is 20.1. The Labute approximate surface area is 175 Å². The largest absolute Gasteiger partial charge is 0.321 e. The Kier molecular flexibility index (Phi) is 5.79. The average molecular weight is 420 g/mol. The van der Waals surface area contributed by atoms with Crippen molar-refractivity contribution >= 4 is 40.2 Å². The lowest BCUT2D eigenvalue weighted by Crippen LogP contribution is -2.17. The number of thiophene rings is 1. The normalized spacial score (nSPS) is 11.4. The first-order valence-corrected chi connectivity index (χ1v) is 10.7. The number of rotatable bonds is 5. The number of thiazole rings is 1. The third kappa shape index (κ3) is 4.77. The number of carbonyl (C=O) groups is 2. The van der Waals surface area contributed by atoms with E-state index in [4.69, 9.17) is 0 Å². The maximum atomic E-state index is 12.7. The Morgan fingerprint density at radius 1 is 0.931 bits per heavy atom. The SMILES string of the molecule is O=C(N=c1sccn1Cc1ccccc1)c1cccc(NC(=O)c2cccs2)c1. The lowest BCUT2D eigenvalue weighted by molar-refractivity contribution is 0.0994. The highest BCUT2D eigenvalue weighted by Crippen LogP contribution is 2.15. The van der Waals surface area contributed by atoms with Crippen LogP contribution < -0.4 is 10.1 Å². The third-order valence-electron chi connectivity index (χ3n) is 4.17. The van der Waals surface area contributed by atoms with Gasteiger partial charge in [0.2, 0.25) is 0 Å². The molecule has 4 rings (SSSR count). The van der Waals surface area contributed by atoms with Crippen LogP contribution >= 0.6 is 22.7 Å². The molecule has 0 saturated heterocycles. The van der Waals surface area contributed by atoms with Crippen LogP contribution in [0.5, 0.6) is 0 Å². The van der Waals surface area contributed by atoms with Crippen molar-refractivity contribution in [2.75, 3.05) is 5.32 Å². The number of nitrogens with one attached hydrogen (secondary N) is 1. The molecule has 29 heavy (non-hydrogen) atoms. The molecule has 5 nitrogen and oxygen atoms in total. The Morgan fingerprint density at radius 3 is 2.59 bits per heavy atom. The predicted octanol–water partition coefficient (Wildman–Crippen LogP) is 4.65. The zero-order valence-corrected chi connectivity index (χ0v) is 17.0. The minimum absolute atomic E-state index is 0.194. The van der Waals surface area contributed by atoms with E-state index in [9.17, 15) is 9.59 Å². The van der Waals surface area contributed by atoms with Crippen LogP contribution in [0.4, 0.5) is 5.69 Å². The minimum Gasteiger partial charge on any atom is -0.321 e. The summed E-state index contributed by atoms with van der Waals surface area (Å²) >= 11 is 2.78. The van der Waals surface area contributed by atoms with Crippen molar-refractivity contribution in [3.8, 4) is 0 Å². The van der Waals surface area contributed by atoms with Crippen molar-refractivity contribution in [1.82, 2.24) is 4.57 Å². The second-order valence-electron chi connectivity index (χ2n) is 6.23. The molecule has 0 aliphatic heterocycles. The maximum absolute atomic E-state index is 12.7. The Morgan fingerprint density at radius 2 is 1.79 bits per heavy atom. The lowest BCUT2D eigenvalue weighted by Gasteiger charge is -2.05. The summed E-state index contributed by atoms with van der Waals surface area (Å²) in [5.74, 6) is -0.540. The van der Waals surface area contributed by atoms with E-state index < -0.39 is 0 Å². The highest BCUT2D eigenvalue weighted by molar-refractivity contribution is 7.12. The lowest BCUT2D eigenvalue weighted by atomic mass is 10.2. The number of amides is 2. The fourth-order valence-corrected chi connectivity index (χ4v) is 4.11. The van der Waals surface area contributed by atoms with Crippen LogP contribution in [0.15, 0.2) is 88.7 Å². The summed E-state index contributed by atoms with van der Waals surface area (Å²) in [5.41, 5.74) is 2.12. The van der Waals surface area contributed by atoms with Gasteiger partial charge in [-0.25, -0.2) is 0 Å². The first-order chi connectivity index (χ1) is 14.2. The van der Waals surface area contributed by atoms with Crippen molar-refractivity contribution in [3.63, 3.8) is 0 Å². The number of anilines is 1. The van der Waals surface area contributed by atoms with E-state index in [0.29, 0.717) is 27.5 Å². The standard InChI is InChI=1S/C22H17N3O2S2/c26-20(24-22-25(11-13-29-22)15-16-6-2-1-3-7-16)17-8-4-9-18(14-17)23-21(27)19-10-5-12-28-19/h1-14H,15H2,(H,23,27). The molecule has 2 heterocycles. The summed E-state index contributed by atoms with van der Waals surface area (Å²) in [6.07, 6.45) is 1.92. The highest BCUT2D eigenvalue weighted by Gasteiger charge is 2.10. The Hall–Kier alpha value is -3.29. The summed E-state index contributed by atoms with van der Waals surface area (Å²) in [6.45, 7) is 0.646. The molecule has 0 aliphatic rings. The molecular formula is C22H17N3O2S2. The average Bonchev–Trinajstić information content (AvgIpc) is 3.42. The number of nitrogens with zero attached hydrogens (tertiary/aromatic N) is 2. The molecule has 0 radical (unpaired) electrons. The number of aromatic nitrogens is 1. The molecule has 4 aromatic rings. The van der Waals surface area contributed by atoms with Gasteiger partial charge in [-0.3, -0.25) is 9.59 Å². The topological polar surface area (TPSA) is 63.5 Å². The van der Waals surface area contributed by atoms with E-state index in [1.165, 1.54) is 22.7 Å². The van der Waals surface area contributed by atoms with Gasteiger partial charge in [-0.2, -0.15) is 4.99 Å². The van der Waals surface area contributed by atoms with Crippen LogP contribution in [-0.4, -0.2) is 16.4 Å². The fraction of sp³-hybridized carbons (Fsp3) is 0.0455. The molecule has 0 bridgehead atoms. The number of carbonyl (C=O) groups excluding carboxylic acids is 2. The van der Waals surface area contributed by atoms with Gasteiger partial charge < -0.3 is 9.88 Å². The van der Waals surface area contributed by atoms with Gasteiger partial charge in [0.25, 0.3) is 11.8 Å². The first kappa shape index (κ1) is 19.0. The summed E-state index contributed by atoms with van der Waals surface area (Å²) in [7, 11) is 0. The van der Waals surface area contributed by atoms with Gasteiger partial charge in [-0.15, -0.1) is 22.7 Å². The van der Waals surface area contributed by atoms with Gasteiger partial charge in [0.1, 0.15) is 0 Å². The van der Waals surface area contributed by atoms with E-state index >= 15 is 0 Å². The minimum atomic E-state index is -0.346. The van der Waals surface area contributed by atoms with E-state index in [1.807, 2.05) is 57.9 Å². The van der Waals surface area contributed by atoms with E-state index in [0.717, 1.165) is 5.56 Å². The third-order valence-corrected chi connectivity index (χ3v) is 5.83. The predicted molar refractivity (Wildman–Crippen MR) is 116 cm³/mol. The molecule has 2 amide bonds. The van der Waals surface area contributed by atoms with Gasteiger partial charge in [0, 0.05) is 29.4 Å². The molecule has 144 valence electrons. The molecule has 0 fully saturated rings. The van der Waals surface area contributed by atoms with E-state index in [1.54, 1.807) is 30.3 Å². The number of benzene rings is 2. The van der Waals surface area contributed by atoms with E-state index in [-0.39, 0.29) is 11.8 Å². The molecule has 1 N–H and O–H groups in total. The number of hydrogen-bond acceptors (Lipinski definition) is 4. The summed E-state index contributed by atoms with van der Waals surface area (Å²) in [4.78, 5) is 30.5. The quantitative estimate of drug-likeness (QED) is 0.512. The van der Waals surface area contributed by atoms with Crippen molar-refractivity contribution in [2.24, 2.45) is 4.99 Å². The molecule has 2 aromatic carbocycles. The zero-order valence-electron chi connectivity index (χ0n) is 15.3. The smallest absolute Gasteiger partial charge is 0.279 e. The van der Waals surface area contributed by atoms with Gasteiger partial charge in [-0.05, 0) is 35.2 Å². The molecular weight excluding hydrogens is 402 g/mol. The van der Waals surface area contributed by atoms with Gasteiger partial charge in [0.05, 0.1) is 4.88 Å². The fourth-order valence-electron chi connectivity index (χ4n) is 2.77. The van der Waals surface area contributed by atoms with Crippen molar-refractivity contribution in [2.45, 2.75) is 6.54 Å². The second-order valence-corrected chi connectivity index (χ2v) is 8.05. The van der Waals surface area contributed by atoms with Crippen molar-refractivity contribution in [3.05, 3.63) is 104 Å². The molecule has 2 aromatic heterocycles. The maximum Gasteiger partial charge on any atom is 0.279 e. The van der Waals surface area contributed by atoms with E-state index in [2.05, 4.69) is 10.3 Å². The molecule has 0 aliphatic carbocycles. The molecule has 0 saturated carbocycles. The summed E-state index contributed by atoms with van der Waals surface area (Å²) < 4.78 is 1.94. The molecule has 7 heteroatoms. The van der Waals surface area contributed by atoms with Crippen LogP contribution in [0, 0.1) is 0 Å². The Bertz CT molecular complexity index is 1190. The molecule has 0 spiro atoms. The van der Waals surface area contributed by atoms with Crippen molar-refractivity contribution < 1.29 is 9.59 Å². The summed E-state index contributed by atoms with van der Waals surface area (Å²) in [6, 6.07) is 20.4. The summed E-state index contributed by atoms with van der Waals surface area (Å²) in [5, 5.41) is 6.57. The van der Waals surface area contributed by atoms with Crippen LogP contribution in [0.2, 0.25) is 0 Å². The van der Waals surface area contributed by atoms with Gasteiger partial charge in [-0.1, -0.05) is 42.5 Å². The van der Waals surface area contributed by atoms with Crippen LogP contribution in [0.25, 0.3) is 0 Å². The van der Waals surface area contributed by atoms with Crippen LogP contribution in [-0.2, 0) is 6.54 Å². The van der Waals surface area contributed by atoms with Gasteiger partial charge in [0.15, 0.2) is 4.80 Å².